The largest absolute Gasteiger partial charge is 0.379 e. The molecule has 2 heterocycles. The van der Waals surface area contributed by atoms with Gasteiger partial charge in [0, 0.05) is 33.4 Å². The number of nitrogens with one attached hydrogen (secondary N) is 2. The maximum atomic E-state index is 5.77. The quantitative estimate of drug-likeness (QED) is 0.235. The second-order valence-electron chi connectivity index (χ2n) is 6.80. The van der Waals surface area contributed by atoms with E-state index in [0.717, 1.165) is 57.6 Å². The summed E-state index contributed by atoms with van der Waals surface area (Å²) in [6, 6.07) is 0. The van der Waals surface area contributed by atoms with Gasteiger partial charge >= 0.3 is 0 Å². The minimum absolute atomic E-state index is 0. The fourth-order valence-corrected chi connectivity index (χ4v) is 3.38. The van der Waals surface area contributed by atoms with E-state index in [0.29, 0.717) is 6.10 Å². The highest BCUT2D eigenvalue weighted by Crippen LogP contribution is 2.19. The molecule has 0 amide bonds. The Balaban J connectivity index is 0.00000312. The zero-order valence-electron chi connectivity index (χ0n) is 16.0. The number of ether oxygens (including phenoxy) is 2. The molecular weight excluding hydrogens is 431 g/mol. The van der Waals surface area contributed by atoms with E-state index in [1.165, 1.54) is 38.9 Å². The van der Waals surface area contributed by atoms with Gasteiger partial charge in [0.25, 0.3) is 0 Å². The van der Waals surface area contributed by atoms with Gasteiger partial charge in [-0.3, -0.25) is 4.99 Å². The summed E-state index contributed by atoms with van der Waals surface area (Å²) >= 11 is 0. The van der Waals surface area contributed by atoms with Crippen LogP contribution in [0.5, 0.6) is 0 Å². The minimum Gasteiger partial charge on any atom is -0.379 e. The molecule has 0 aliphatic carbocycles. The van der Waals surface area contributed by atoms with Gasteiger partial charge in [-0.2, -0.15) is 0 Å². The normalized spacial score (nSPS) is 22.6. The van der Waals surface area contributed by atoms with Crippen molar-refractivity contribution in [1.82, 2.24) is 15.5 Å². The molecular formula is C18H37IN4O2. The Morgan fingerprint density at radius 1 is 1.20 bits per heavy atom. The second-order valence-corrected chi connectivity index (χ2v) is 6.80. The van der Waals surface area contributed by atoms with E-state index in [2.05, 4.69) is 27.4 Å². The van der Waals surface area contributed by atoms with E-state index < -0.39 is 0 Å². The summed E-state index contributed by atoms with van der Waals surface area (Å²) in [5.74, 6) is 1.77. The summed E-state index contributed by atoms with van der Waals surface area (Å²) in [6.07, 6.45) is 6.25. The molecule has 25 heavy (non-hydrogen) atoms. The summed E-state index contributed by atoms with van der Waals surface area (Å²) in [5, 5.41) is 6.81. The molecule has 2 aliphatic rings. The number of hydrogen-bond donors (Lipinski definition) is 2. The van der Waals surface area contributed by atoms with Gasteiger partial charge < -0.3 is 25.0 Å². The molecule has 0 aromatic heterocycles. The first-order chi connectivity index (χ1) is 11.8. The van der Waals surface area contributed by atoms with Crippen LogP contribution >= 0.6 is 24.0 Å². The smallest absolute Gasteiger partial charge is 0.190 e. The van der Waals surface area contributed by atoms with Crippen LogP contribution < -0.4 is 10.6 Å². The third-order valence-corrected chi connectivity index (χ3v) is 5.08. The first-order valence-electron chi connectivity index (χ1n) is 9.68. The fraction of sp³-hybridized carbons (Fsp3) is 0.944. The predicted octanol–water partition coefficient (Wildman–Crippen LogP) is 2.09. The molecule has 0 radical (unpaired) electrons. The maximum Gasteiger partial charge on any atom is 0.190 e. The van der Waals surface area contributed by atoms with Crippen molar-refractivity contribution < 1.29 is 9.47 Å². The van der Waals surface area contributed by atoms with Crippen molar-refractivity contribution in [3.63, 3.8) is 0 Å². The van der Waals surface area contributed by atoms with E-state index in [-0.39, 0.29) is 24.0 Å². The van der Waals surface area contributed by atoms with Gasteiger partial charge in [-0.15, -0.1) is 24.0 Å². The van der Waals surface area contributed by atoms with E-state index in [9.17, 15) is 0 Å². The molecule has 2 saturated heterocycles. The number of aliphatic imine (C=N–C) groups is 1. The van der Waals surface area contributed by atoms with Crippen LogP contribution in [0.4, 0.5) is 0 Å². The highest BCUT2D eigenvalue weighted by Gasteiger charge is 2.17. The molecule has 1 atom stereocenters. The van der Waals surface area contributed by atoms with Crippen LogP contribution in [0.2, 0.25) is 0 Å². The topological polar surface area (TPSA) is 58.1 Å². The van der Waals surface area contributed by atoms with Gasteiger partial charge in [-0.05, 0) is 57.7 Å². The van der Waals surface area contributed by atoms with Crippen molar-refractivity contribution in [3.05, 3.63) is 0 Å². The molecule has 2 rings (SSSR count). The molecule has 2 aliphatic heterocycles. The van der Waals surface area contributed by atoms with Crippen molar-refractivity contribution in [3.8, 4) is 0 Å². The van der Waals surface area contributed by atoms with Gasteiger partial charge in [0.05, 0.1) is 12.7 Å². The predicted molar refractivity (Wildman–Crippen MR) is 114 cm³/mol. The summed E-state index contributed by atoms with van der Waals surface area (Å²) in [5.41, 5.74) is 0. The lowest BCUT2D eigenvalue weighted by Gasteiger charge is -2.31. The Bertz CT molecular complexity index is 357. The molecule has 6 nitrogen and oxygen atoms in total. The Kier molecular flexibility index (Phi) is 12.8. The number of guanidine groups is 1. The number of nitrogens with zero attached hydrogens (tertiary/aromatic N) is 2. The monoisotopic (exact) mass is 468 g/mol. The number of piperidine rings is 1. The molecule has 0 saturated carbocycles. The van der Waals surface area contributed by atoms with Gasteiger partial charge in [-0.1, -0.05) is 6.92 Å². The van der Waals surface area contributed by atoms with Crippen molar-refractivity contribution in [2.75, 3.05) is 59.6 Å². The van der Waals surface area contributed by atoms with E-state index in [1.807, 2.05) is 7.05 Å². The van der Waals surface area contributed by atoms with Crippen LogP contribution in [0.1, 0.15) is 39.0 Å². The van der Waals surface area contributed by atoms with Crippen molar-refractivity contribution in [2.24, 2.45) is 10.9 Å². The second kappa shape index (κ2) is 14.0. The van der Waals surface area contributed by atoms with Crippen LogP contribution in [-0.4, -0.2) is 76.6 Å². The molecule has 2 fully saturated rings. The first kappa shape index (κ1) is 22.9. The number of rotatable bonds is 9. The zero-order chi connectivity index (χ0) is 17.0. The number of hydrogen-bond acceptors (Lipinski definition) is 4. The van der Waals surface area contributed by atoms with E-state index in [4.69, 9.17) is 9.47 Å². The van der Waals surface area contributed by atoms with E-state index in [1.54, 1.807) is 0 Å². The van der Waals surface area contributed by atoms with Gasteiger partial charge in [0.2, 0.25) is 0 Å². The molecule has 1 unspecified atom stereocenters. The lowest BCUT2D eigenvalue weighted by atomic mass is 9.93. The SMILES string of the molecule is CCN1CCC(CCNC(=NC)NCCCOC2CCOC2)CC1.I. The average Bonchev–Trinajstić information content (AvgIpc) is 3.14. The third-order valence-electron chi connectivity index (χ3n) is 5.08. The van der Waals surface area contributed by atoms with Crippen LogP contribution in [0, 0.1) is 5.92 Å². The highest BCUT2D eigenvalue weighted by atomic mass is 127. The summed E-state index contributed by atoms with van der Waals surface area (Å²) in [6.45, 7) is 10.3. The number of halogens is 1. The van der Waals surface area contributed by atoms with Crippen molar-refractivity contribution in [1.29, 1.82) is 0 Å². The van der Waals surface area contributed by atoms with Crippen molar-refractivity contribution in [2.45, 2.75) is 45.1 Å². The molecule has 0 aromatic carbocycles. The van der Waals surface area contributed by atoms with Crippen LogP contribution in [0.25, 0.3) is 0 Å². The Morgan fingerprint density at radius 3 is 2.60 bits per heavy atom. The summed E-state index contributed by atoms with van der Waals surface area (Å²) in [4.78, 5) is 6.84. The third kappa shape index (κ3) is 9.40. The Morgan fingerprint density at radius 2 is 1.96 bits per heavy atom. The maximum absolute atomic E-state index is 5.77. The molecule has 0 spiro atoms. The van der Waals surface area contributed by atoms with Crippen LogP contribution in [-0.2, 0) is 9.47 Å². The Hall–Kier alpha value is -0.120. The van der Waals surface area contributed by atoms with Gasteiger partial charge in [0.1, 0.15) is 0 Å². The van der Waals surface area contributed by atoms with Crippen LogP contribution in [0.3, 0.4) is 0 Å². The molecule has 7 heteroatoms. The summed E-state index contributed by atoms with van der Waals surface area (Å²) < 4.78 is 11.1. The average molecular weight is 468 g/mol. The van der Waals surface area contributed by atoms with E-state index >= 15 is 0 Å². The molecule has 148 valence electrons. The molecule has 0 aromatic rings. The fourth-order valence-electron chi connectivity index (χ4n) is 3.38. The molecule has 0 bridgehead atoms. The van der Waals surface area contributed by atoms with Gasteiger partial charge in [0.15, 0.2) is 5.96 Å². The highest BCUT2D eigenvalue weighted by molar-refractivity contribution is 14.0. The van der Waals surface area contributed by atoms with Crippen LogP contribution in [0.15, 0.2) is 4.99 Å². The molecule has 2 N–H and O–H groups in total. The first-order valence-corrected chi connectivity index (χ1v) is 9.68. The summed E-state index contributed by atoms with van der Waals surface area (Å²) in [7, 11) is 1.83. The number of likely N-dealkylation sites (tertiary alicyclic amines) is 1. The zero-order valence-corrected chi connectivity index (χ0v) is 18.3. The Labute approximate surface area is 170 Å². The lowest BCUT2D eigenvalue weighted by molar-refractivity contribution is 0.0420. The van der Waals surface area contributed by atoms with Gasteiger partial charge in [-0.25, -0.2) is 0 Å². The standard InChI is InChI=1S/C18H36N4O2.HI/c1-3-22-11-6-16(7-12-22)5-10-21-18(19-2)20-9-4-13-24-17-8-14-23-15-17;/h16-17H,3-15H2,1-2H3,(H2,19,20,21);1H. The minimum atomic E-state index is 0. The lowest BCUT2D eigenvalue weighted by Crippen LogP contribution is -2.40. The van der Waals surface area contributed by atoms with Crippen molar-refractivity contribution >= 4 is 29.9 Å².